The molecule has 0 radical (unpaired) electrons. The first-order chi connectivity index (χ1) is 8.60. The van der Waals surface area contributed by atoms with Gasteiger partial charge >= 0.3 is 5.97 Å². The van der Waals surface area contributed by atoms with Gasteiger partial charge < -0.3 is 14.0 Å². The van der Waals surface area contributed by atoms with Crippen molar-refractivity contribution < 1.29 is 23.6 Å². The number of nitrogens with zero attached hydrogens (tertiary/aromatic N) is 1. The van der Waals surface area contributed by atoms with Crippen LogP contribution in [0.25, 0.3) is 0 Å². The van der Waals surface area contributed by atoms with Crippen LogP contribution >= 0.6 is 0 Å². The third-order valence-corrected chi connectivity index (χ3v) is 2.32. The first-order valence-corrected chi connectivity index (χ1v) is 5.79. The van der Waals surface area contributed by atoms with E-state index in [4.69, 9.17) is 14.0 Å². The van der Waals surface area contributed by atoms with E-state index in [1.54, 1.807) is 6.92 Å². The average Bonchev–Trinajstić information content (AvgIpc) is 2.75. The first-order valence-electron chi connectivity index (χ1n) is 5.79. The fraction of sp³-hybridized carbons (Fsp3) is 0.583. The van der Waals surface area contributed by atoms with Gasteiger partial charge in [0.25, 0.3) is 5.88 Å². The topological polar surface area (TPSA) is 78.6 Å². The largest absolute Gasteiger partial charge is 0.468 e. The second-order valence-electron chi connectivity index (χ2n) is 4.02. The monoisotopic (exact) mass is 255 g/mol. The molecule has 0 aromatic carbocycles. The predicted octanol–water partition coefficient (Wildman–Crippen LogP) is 1.55. The minimum absolute atomic E-state index is 0.0101. The van der Waals surface area contributed by atoms with Crippen molar-refractivity contribution in [1.29, 1.82) is 0 Å². The van der Waals surface area contributed by atoms with Crippen LogP contribution in [0.4, 0.5) is 0 Å². The van der Waals surface area contributed by atoms with Crippen LogP contribution in [0.1, 0.15) is 32.4 Å². The van der Waals surface area contributed by atoms with Gasteiger partial charge in [0.1, 0.15) is 12.5 Å². The Hall–Kier alpha value is -1.85. The van der Waals surface area contributed by atoms with E-state index in [-0.39, 0.29) is 24.4 Å². The molecule has 0 fully saturated rings. The predicted molar refractivity (Wildman–Crippen MR) is 62.3 cm³/mol. The lowest BCUT2D eigenvalue weighted by Gasteiger charge is -2.15. The Morgan fingerprint density at radius 3 is 2.83 bits per heavy atom. The van der Waals surface area contributed by atoms with Gasteiger partial charge in [0, 0.05) is 6.07 Å². The summed E-state index contributed by atoms with van der Waals surface area (Å²) in [5, 5.41) is 3.64. The minimum Gasteiger partial charge on any atom is -0.468 e. The normalized spacial score (nSPS) is 12.2. The average molecular weight is 255 g/mol. The number of hydrogen-bond acceptors (Lipinski definition) is 6. The van der Waals surface area contributed by atoms with Crippen molar-refractivity contribution in [2.24, 2.45) is 5.92 Å². The highest BCUT2D eigenvalue weighted by Crippen LogP contribution is 2.28. The summed E-state index contributed by atoms with van der Waals surface area (Å²) < 4.78 is 15.0. The summed E-state index contributed by atoms with van der Waals surface area (Å²) >= 11 is 0. The molecule has 1 aromatic rings. The number of carbonyl (C=O) groups excluding carboxylic acids is 2. The van der Waals surface area contributed by atoms with E-state index in [1.807, 2.05) is 13.8 Å². The molecule has 0 saturated heterocycles. The molecule has 18 heavy (non-hydrogen) atoms. The van der Waals surface area contributed by atoms with Crippen molar-refractivity contribution in [2.45, 2.75) is 26.7 Å². The van der Waals surface area contributed by atoms with Gasteiger partial charge in [-0.1, -0.05) is 13.8 Å². The number of ether oxygens (including phenoxy) is 2. The number of carbonyl (C=O) groups is 2. The van der Waals surface area contributed by atoms with Crippen LogP contribution < -0.4 is 4.74 Å². The molecule has 0 aliphatic heterocycles. The molecular weight excluding hydrogens is 238 g/mol. The molecule has 6 heteroatoms. The van der Waals surface area contributed by atoms with Crippen molar-refractivity contribution in [2.75, 3.05) is 13.2 Å². The second kappa shape index (κ2) is 6.78. The van der Waals surface area contributed by atoms with Crippen molar-refractivity contribution in [3.05, 3.63) is 11.8 Å². The summed E-state index contributed by atoms with van der Waals surface area (Å²) in [6, 6.07) is 1.51. The maximum Gasteiger partial charge on any atom is 0.317 e. The zero-order chi connectivity index (χ0) is 13.5. The molecular formula is C12H17NO5. The zero-order valence-electron chi connectivity index (χ0n) is 10.7. The molecule has 6 nitrogen and oxygen atoms in total. The van der Waals surface area contributed by atoms with Crippen LogP contribution in [0.3, 0.4) is 0 Å². The van der Waals surface area contributed by atoms with E-state index in [9.17, 15) is 9.59 Å². The maximum absolute atomic E-state index is 11.8. The van der Waals surface area contributed by atoms with Gasteiger partial charge in [0.15, 0.2) is 12.0 Å². The molecule has 0 amide bonds. The third kappa shape index (κ3) is 3.58. The van der Waals surface area contributed by atoms with Crippen molar-refractivity contribution in [3.63, 3.8) is 0 Å². The van der Waals surface area contributed by atoms with Crippen molar-refractivity contribution in [3.8, 4) is 5.88 Å². The maximum atomic E-state index is 11.8. The molecule has 0 bridgehead atoms. The number of rotatable bonds is 7. The van der Waals surface area contributed by atoms with Crippen LogP contribution in [0, 0.1) is 5.92 Å². The molecule has 1 atom stereocenters. The highest BCUT2D eigenvalue weighted by atomic mass is 16.5. The highest BCUT2D eigenvalue weighted by Gasteiger charge is 2.29. The molecule has 0 aliphatic rings. The Kier molecular flexibility index (Phi) is 5.35. The van der Waals surface area contributed by atoms with E-state index < -0.39 is 5.92 Å². The molecule has 1 aromatic heterocycles. The molecule has 0 saturated carbocycles. The Morgan fingerprint density at radius 2 is 2.28 bits per heavy atom. The van der Waals surface area contributed by atoms with E-state index in [2.05, 4.69) is 5.16 Å². The molecule has 0 aliphatic carbocycles. The summed E-state index contributed by atoms with van der Waals surface area (Å²) in [6.45, 7) is 5.73. The van der Waals surface area contributed by atoms with E-state index in [0.29, 0.717) is 18.7 Å². The second-order valence-corrected chi connectivity index (χ2v) is 4.02. The van der Waals surface area contributed by atoms with Crippen LogP contribution in [-0.2, 0) is 14.3 Å². The van der Waals surface area contributed by atoms with Crippen LogP contribution in [0.15, 0.2) is 10.6 Å². The number of hydrogen-bond donors (Lipinski definition) is 0. The smallest absolute Gasteiger partial charge is 0.317 e. The molecule has 1 rings (SSSR count). The third-order valence-electron chi connectivity index (χ3n) is 2.32. The van der Waals surface area contributed by atoms with E-state index in [0.717, 1.165) is 0 Å². The minimum atomic E-state index is -0.522. The van der Waals surface area contributed by atoms with E-state index in [1.165, 1.54) is 6.07 Å². The lowest BCUT2D eigenvalue weighted by atomic mass is 9.93. The highest BCUT2D eigenvalue weighted by molar-refractivity contribution is 5.77. The summed E-state index contributed by atoms with van der Waals surface area (Å²) in [7, 11) is 0. The van der Waals surface area contributed by atoms with E-state index >= 15 is 0 Å². The lowest BCUT2D eigenvalue weighted by Crippen LogP contribution is -2.20. The molecule has 100 valence electrons. The van der Waals surface area contributed by atoms with Gasteiger partial charge in [-0.25, -0.2) is 0 Å². The van der Waals surface area contributed by atoms with Gasteiger partial charge in [0.2, 0.25) is 0 Å². The Labute approximate surface area is 105 Å². The molecule has 1 heterocycles. The van der Waals surface area contributed by atoms with Crippen molar-refractivity contribution in [1.82, 2.24) is 5.16 Å². The summed E-state index contributed by atoms with van der Waals surface area (Å²) in [5.41, 5.74) is 0. The standard InChI is InChI=1S/C12H17NO5/c1-4-16-12(15)11(8(2)3)9-7-10(13-18-9)17-6-5-14/h5,7-8,11H,4,6H2,1-3H3. The zero-order valence-corrected chi connectivity index (χ0v) is 10.7. The summed E-state index contributed by atoms with van der Waals surface area (Å²) in [4.78, 5) is 22.0. The lowest BCUT2D eigenvalue weighted by molar-refractivity contribution is -0.146. The quantitative estimate of drug-likeness (QED) is 0.543. The van der Waals surface area contributed by atoms with Crippen LogP contribution in [-0.4, -0.2) is 30.6 Å². The van der Waals surface area contributed by atoms with Gasteiger partial charge in [0.05, 0.1) is 6.61 Å². The molecule has 1 unspecified atom stereocenters. The van der Waals surface area contributed by atoms with Gasteiger partial charge in [-0.3, -0.25) is 9.59 Å². The summed E-state index contributed by atoms with van der Waals surface area (Å²) in [6.07, 6.45) is 0.611. The van der Waals surface area contributed by atoms with Crippen LogP contribution in [0.5, 0.6) is 5.88 Å². The Bertz CT molecular complexity index is 399. The number of esters is 1. The number of aromatic nitrogens is 1. The van der Waals surface area contributed by atoms with Crippen molar-refractivity contribution >= 4 is 12.3 Å². The fourth-order valence-electron chi connectivity index (χ4n) is 1.55. The molecule has 0 spiro atoms. The first kappa shape index (κ1) is 14.2. The van der Waals surface area contributed by atoms with Gasteiger partial charge in [-0.15, -0.1) is 0 Å². The van der Waals surface area contributed by atoms with Gasteiger partial charge in [-0.05, 0) is 18.0 Å². The Balaban J connectivity index is 2.82. The summed E-state index contributed by atoms with van der Waals surface area (Å²) in [5.74, 6) is -0.302. The Morgan fingerprint density at radius 1 is 1.56 bits per heavy atom. The van der Waals surface area contributed by atoms with Gasteiger partial charge in [-0.2, -0.15) is 0 Å². The SMILES string of the molecule is CCOC(=O)C(c1cc(OCC=O)no1)C(C)C. The molecule has 0 N–H and O–H groups in total. The number of aldehydes is 1. The fourth-order valence-corrected chi connectivity index (χ4v) is 1.55. The van der Waals surface area contributed by atoms with Crippen LogP contribution in [0.2, 0.25) is 0 Å².